The van der Waals surface area contributed by atoms with Crippen LogP contribution in [0.1, 0.15) is 17.2 Å². The molecular formula is C16H12BrClN2O3. The van der Waals surface area contributed by atoms with Crippen molar-refractivity contribution in [3.05, 3.63) is 57.3 Å². The van der Waals surface area contributed by atoms with Crippen LogP contribution in [0.4, 0.5) is 0 Å². The quantitative estimate of drug-likeness (QED) is 0.706. The zero-order chi connectivity index (χ0) is 16.7. The van der Waals surface area contributed by atoms with Crippen molar-refractivity contribution in [2.24, 2.45) is 0 Å². The van der Waals surface area contributed by atoms with Gasteiger partial charge in [-0.25, -0.2) is 9.78 Å². The third kappa shape index (κ3) is 2.85. The van der Waals surface area contributed by atoms with Gasteiger partial charge in [0.15, 0.2) is 11.8 Å². The lowest BCUT2D eigenvalue weighted by Crippen LogP contribution is -2.13. The van der Waals surface area contributed by atoms with Gasteiger partial charge in [0.2, 0.25) is 0 Å². The van der Waals surface area contributed by atoms with E-state index in [4.69, 9.17) is 16.7 Å². The number of benzene rings is 1. The van der Waals surface area contributed by atoms with Gasteiger partial charge in [-0.15, -0.1) is 0 Å². The standard InChI is InChI=1S/C16H12BrClN2O3/c1-8-6-20-7-11(9-3-2-4-10(18)5-9)19-15(20)13(17)12(8)14(21)16(22)23/h2-7,14,21H,1H3,(H,22,23). The third-order valence-electron chi connectivity index (χ3n) is 3.55. The molecule has 0 amide bonds. The Morgan fingerprint density at radius 3 is 2.78 bits per heavy atom. The van der Waals surface area contributed by atoms with Crippen LogP contribution in [0.25, 0.3) is 16.9 Å². The number of rotatable bonds is 3. The minimum Gasteiger partial charge on any atom is -0.479 e. The summed E-state index contributed by atoms with van der Waals surface area (Å²) in [5, 5.41) is 19.6. The molecule has 1 atom stereocenters. The smallest absolute Gasteiger partial charge is 0.337 e. The summed E-state index contributed by atoms with van der Waals surface area (Å²) >= 11 is 9.38. The average Bonchev–Trinajstić information content (AvgIpc) is 2.91. The van der Waals surface area contributed by atoms with Gasteiger partial charge in [-0.3, -0.25) is 0 Å². The molecule has 1 aromatic carbocycles. The van der Waals surface area contributed by atoms with Crippen LogP contribution in [-0.4, -0.2) is 25.6 Å². The number of carboxylic acids is 1. The Kier molecular flexibility index (Phi) is 4.14. The molecule has 118 valence electrons. The highest BCUT2D eigenvalue weighted by Crippen LogP contribution is 2.32. The van der Waals surface area contributed by atoms with Crippen LogP contribution in [0, 0.1) is 6.92 Å². The first-order valence-electron chi connectivity index (χ1n) is 6.73. The molecule has 23 heavy (non-hydrogen) atoms. The summed E-state index contributed by atoms with van der Waals surface area (Å²) in [6.07, 6.45) is 1.96. The molecule has 1 unspecified atom stereocenters. The zero-order valence-electron chi connectivity index (χ0n) is 12.0. The van der Waals surface area contributed by atoms with Crippen molar-refractivity contribution in [2.75, 3.05) is 0 Å². The van der Waals surface area contributed by atoms with E-state index in [1.807, 2.05) is 18.3 Å². The first-order chi connectivity index (χ1) is 10.9. The lowest BCUT2D eigenvalue weighted by molar-refractivity contribution is -0.147. The number of carboxylic acid groups (broad SMARTS) is 1. The SMILES string of the molecule is Cc1cn2cc(-c3cccc(Cl)c3)nc2c(Br)c1C(O)C(=O)O. The van der Waals surface area contributed by atoms with Gasteiger partial charge in [-0.2, -0.15) is 0 Å². The van der Waals surface area contributed by atoms with E-state index in [1.165, 1.54) is 0 Å². The number of aliphatic carboxylic acids is 1. The number of carbonyl (C=O) groups is 1. The maximum atomic E-state index is 11.1. The van der Waals surface area contributed by atoms with Crippen LogP contribution >= 0.6 is 27.5 Å². The molecular weight excluding hydrogens is 384 g/mol. The number of halogens is 2. The first kappa shape index (κ1) is 16.0. The Morgan fingerprint density at radius 1 is 1.39 bits per heavy atom. The fourth-order valence-electron chi connectivity index (χ4n) is 2.47. The molecule has 0 bridgehead atoms. The van der Waals surface area contributed by atoms with Gasteiger partial charge in [0.25, 0.3) is 0 Å². The van der Waals surface area contributed by atoms with Gasteiger partial charge in [-0.1, -0.05) is 23.7 Å². The molecule has 7 heteroatoms. The lowest BCUT2D eigenvalue weighted by Gasteiger charge is -2.12. The lowest BCUT2D eigenvalue weighted by atomic mass is 10.1. The van der Waals surface area contributed by atoms with E-state index in [2.05, 4.69) is 20.9 Å². The fourth-order valence-corrected chi connectivity index (χ4v) is 3.49. The molecule has 0 fully saturated rings. The molecule has 0 radical (unpaired) electrons. The van der Waals surface area contributed by atoms with Crippen LogP contribution < -0.4 is 0 Å². The minimum atomic E-state index is -1.61. The Labute approximate surface area is 145 Å². The Balaban J connectivity index is 2.21. The van der Waals surface area contributed by atoms with E-state index in [-0.39, 0.29) is 0 Å². The second-order valence-electron chi connectivity index (χ2n) is 5.15. The van der Waals surface area contributed by atoms with E-state index in [0.29, 0.717) is 32.0 Å². The van der Waals surface area contributed by atoms with Crippen LogP contribution in [0.3, 0.4) is 0 Å². The highest BCUT2D eigenvalue weighted by Gasteiger charge is 2.24. The summed E-state index contributed by atoms with van der Waals surface area (Å²) in [6, 6.07) is 7.31. The van der Waals surface area contributed by atoms with Crippen molar-refractivity contribution in [3.63, 3.8) is 0 Å². The average molecular weight is 396 g/mol. The van der Waals surface area contributed by atoms with Crippen LogP contribution in [0.5, 0.6) is 0 Å². The zero-order valence-corrected chi connectivity index (χ0v) is 14.3. The van der Waals surface area contributed by atoms with Gasteiger partial charge in [-0.05, 0) is 40.5 Å². The summed E-state index contributed by atoms with van der Waals surface area (Å²) in [4.78, 5) is 15.6. The predicted molar refractivity (Wildman–Crippen MR) is 90.7 cm³/mol. The topological polar surface area (TPSA) is 74.8 Å². The number of fused-ring (bicyclic) bond motifs is 1. The first-order valence-corrected chi connectivity index (χ1v) is 7.90. The van der Waals surface area contributed by atoms with Crippen molar-refractivity contribution in [2.45, 2.75) is 13.0 Å². The van der Waals surface area contributed by atoms with Gasteiger partial charge < -0.3 is 14.6 Å². The number of aliphatic hydroxyl groups excluding tert-OH is 1. The second kappa shape index (κ2) is 5.96. The normalized spacial score (nSPS) is 12.5. The number of aromatic nitrogens is 2. The molecule has 0 aliphatic carbocycles. The minimum absolute atomic E-state index is 0.299. The van der Waals surface area contributed by atoms with E-state index in [1.54, 1.807) is 29.7 Å². The van der Waals surface area contributed by atoms with E-state index in [9.17, 15) is 9.90 Å². The fraction of sp³-hybridized carbons (Fsp3) is 0.125. The number of hydrogen-bond donors (Lipinski definition) is 2. The summed E-state index contributed by atoms with van der Waals surface area (Å²) in [5.74, 6) is -1.31. The Morgan fingerprint density at radius 2 is 2.13 bits per heavy atom. The summed E-state index contributed by atoms with van der Waals surface area (Å²) < 4.78 is 2.24. The summed E-state index contributed by atoms with van der Waals surface area (Å²) in [7, 11) is 0. The van der Waals surface area contributed by atoms with Crippen molar-refractivity contribution in [1.82, 2.24) is 9.38 Å². The number of nitrogens with zero attached hydrogens (tertiary/aromatic N) is 2. The highest BCUT2D eigenvalue weighted by atomic mass is 79.9. The number of aliphatic hydroxyl groups is 1. The van der Waals surface area contributed by atoms with E-state index in [0.717, 1.165) is 5.56 Å². The van der Waals surface area contributed by atoms with E-state index < -0.39 is 12.1 Å². The molecule has 3 aromatic rings. The van der Waals surface area contributed by atoms with Gasteiger partial charge >= 0.3 is 5.97 Å². The van der Waals surface area contributed by atoms with Crippen molar-refractivity contribution in [3.8, 4) is 11.3 Å². The summed E-state index contributed by atoms with van der Waals surface area (Å²) in [6.45, 7) is 1.74. The molecule has 0 spiro atoms. The summed E-state index contributed by atoms with van der Waals surface area (Å²) in [5.41, 5.74) is 3.03. The molecule has 3 rings (SSSR count). The largest absolute Gasteiger partial charge is 0.479 e. The Bertz CT molecular complexity index is 923. The highest BCUT2D eigenvalue weighted by molar-refractivity contribution is 9.10. The second-order valence-corrected chi connectivity index (χ2v) is 6.38. The van der Waals surface area contributed by atoms with Gasteiger partial charge in [0, 0.05) is 28.5 Å². The molecule has 2 N–H and O–H groups in total. The molecule has 5 nitrogen and oxygen atoms in total. The van der Waals surface area contributed by atoms with Crippen LogP contribution in [0.2, 0.25) is 5.02 Å². The van der Waals surface area contributed by atoms with E-state index >= 15 is 0 Å². The molecule has 0 saturated carbocycles. The molecule has 0 saturated heterocycles. The number of pyridine rings is 1. The number of imidazole rings is 1. The third-order valence-corrected chi connectivity index (χ3v) is 4.57. The van der Waals surface area contributed by atoms with Crippen molar-refractivity contribution in [1.29, 1.82) is 0 Å². The van der Waals surface area contributed by atoms with Crippen LogP contribution in [0.15, 0.2) is 41.1 Å². The van der Waals surface area contributed by atoms with Crippen molar-refractivity contribution < 1.29 is 15.0 Å². The van der Waals surface area contributed by atoms with Crippen LogP contribution in [-0.2, 0) is 4.79 Å². The number of hydrogen-bond acceptors (Lipinski definition) is 3. The maximum Gasteiger partial charge on any atom is 0.337 e. The Hall–Kier alpha value is -1.89. The maximum absolute atomic E-state index is 11.1. The number of aryl methyl sites for hydroxylation is 1. The van der Waals surface area contributed by atoms with Crippen molar-refractivity contribution >= 4 is 39.1 Å². The molecule has 2 heterocycles. The molecule has 0 aliphatic rings. The monoisotopic (exact) mass is 394 g/mol. The molecule has 0 aliphatic heterocycles. The van der Waals surface area contributed by atoms with Gasteiger partial charge in [0.05, 0.1) is 10.2 Å². The predicted octanol–water partition coefficient (Wildman–Crippen LogP) is 3.84. The van der Waals surface area contributed by atoms with Gasteiger partial charge in [0.1, 0.15) is 0 Å². The molecule has 2 aromatic heterocycles.